The van der Waals surface area contributed by atoms with E-state index in [1.807, 2.05) is 62.3 Å². The fourth-order valence-electron chi connectivity index (χ4n) is 1.16. The molecule has 0 aromatic rings. The Morgan fingerprint density at radius 1 is 0.317 bits per heavy atom. The van der Waals surface area contributed by atoms with E-state index >= 15 is 0 Å². The Hall–Kier alpha value is -1.51. The summed E-state index contributed by atoms with van der Waals surface area (Å²) in [5.41, 5.74) is 0.176. The van der Waals surface area contributed by atoms with Gasteiger partial charge in [0.15, 0.2) is 0 Å². The fourth-order valence-corrected chi connectivity index (χ4v) is 1.16. The predicted octanol–water partition coefficient (Wildman–Crippen LogP) is -1.61. The molecule has 60 heavy (non-hydrogen) atoms. The smallest absolute Gasteiger partial charge is 0.330 e. The number of hydrogen-bond donors (Lipinski definition) is 19. The molecule has 0 saturated carbocycles. The Kier molecular flexibility index (Phi) is 103. The first-order chi connectivity index (χ1) is 27.9. The van der Waals surface area contributed by atoms with Crippen molar-refractivity contribution in [2.45, 2.75) is 182 Å². The van der Waals surface area contributed by atoms with Crippen LogP contribution >= 0.6 is 0 Å². The second kappa shape index (κ2) is 74.9. The summed E-state index contributed by atoms with van der Waals surface area (Å²) >= 11 is 0. The average molecular weight is 897 g/mol. The van der Waals surface area contributed by atoms with Crippen molar-refractivity contribution in [3.63, 3.8) is 0 Å². The lowest BCUT2D eigenvalue weighted by atomic mass is 10.3. The highest BCUT2D eigenvalue weighted by molar-refractivity contribution is 5.84. The molecule has 9 atom stereocenters. The first-order valence-corrected chi connectivity index (χ1v) is 20.4. The van der Waals surface area contributed by atoms with Crippen LogP contribution in [0.25, 0.3) is 0 Å². The van der Waals surface area contributed by atoms with E-state index in [-0.39, 0.29) is 65.0 Å². The summed E-state index contributed by atoms with van der Waals surface area (Å²) in [6.45, 7) is 20.0. The molecule has 0 radical (unpaired) electrons. The third-order valence-electron chi connectivity index (χ3n) is 6.50. The second-order valence-electron chi connectivity index (χ2n) is 12.3. The molecule has 9 unspecified atom stereocenters. The van der Waals surface area contributed by atoms with Gasteiger partial charge in [-0.05, 0) is 64.7 Å². The summed E-state index contributed by atoms with van der Waals surface area (Å²) in [6.07, 6.45) is 1.14. The summed E-state index contributed by atoms with van der Waals surface area (Å²) < 4.78 is 0. The van der Waals surface area contributed by atoms with Crippen LogP contribution in [-0.2, 0) is 4.79 Å². The number of carboxylic acid groups (broad SMARTS) is 1. The van der Waals surface area contributed by atoms with Gasteiger partial charge < -0.3 is 97.0 Å². The predicted molar refractivity (Wildman–Crippen MR) is 233 cm³/mol. The van der Waals surface area contributed by atoms with E-state index < -0.39 is 60.9 Å². The van der Waals surface area contributed by atoms with Crippen LogP contribution in [0.15, 0.2) is 12.2 Å². The lowest BCUT2D eigenvalue weighted by Gasteiger charge is -1.97. The molecule has 0 aliphatic rings. The maximum Gasteiger partial charge on any atom is 0.330 e. The van der Waals surface area contributed by atoms with Gasteiger partial charge in [-0.2, -0.15) is 0 Å². The lowest BCUT2D eigenvalue weighted by Crippen LogP contribution is -2.08. The van der Waals surface area contributed by atoms with Gasteiger partial charge in [0.2, 0.25) is 0 Å². The molecule has 0 rings (SSSR count). The fraction of sp³-hybridized carbons (Fsp3) is 0.925. The maximum absolute atomic E-state index is 9.60. The number of carboxylic acids is 1. The highest BCUT2D eigenvalue weighted by atomic mass is 16.4. The van der Waals surface area contributed by atoms with E-state index in [0.717, 1.165) is 0 Å². The monoisotopic (exact) mass is 897 g/mol. The molecule has 20 nitrogen and oxygen atoms in total. The zero-order chi connectivity index (χ0) is 50.1. The van der Waals surface area contributed by atoms with Crippen molar-refractivity contribution < 1.29 is 102 Å². The average Bonchev–Trinajstić information content (AvgIpc) is 3.30. The first-order valence-electron chi connectivity index (χ1n) is 20.4. The van der Waals surface area contributed by atoms with Crippen LogP contribution in [0.2, 0.25) is 0 Å². The molecule has 0 aliphatic heterocycles. The van der Waals surface area contributed by atoms with E-state index in [4.69, 9.17) is 97.0 Å². The van der Waals surface area contributed by atoms with Crippen LogP contribution in [0.4, 0.5) is 0 Å². The van der Waals surface area contributed by atoms with Gasteiger partial charge in [0.25, 0.3) is 0 Å². The summed E-state index contributed by atoms with van der Waals surface area (Å²) in [6, 6.07) is 0. The summed E-state index contributed by atoms with van der Waals surface area (Å²) in [5, 5.41) is 156. The molecule has 376 valence electrons. The summed E-state index contributed by atoms with van der Waals surface area (Å²) in [5.74, 6) is -0.935. The molecule has 0 saturated heterocycles. The highest BCUT2D eigenvalue weighted by Crippen LogP contribution is 1.88. The normalized spacial score (nSPS) is 13.8. The van der Waals surface area contributed by atoms with Crippen LogP contribution in [0.5, 0.6) is 0 Å². The minimum atomic E-state index is -0.935. The zero-order valence-electron chi connectivity index (χ0n) is 38.5. The van der Waals surface area contributed by atoms with Gasteiger partial charge in [-0.3, -0.25) is 0 Å². The van der Waals surface area contributed by atoms with Crippen molar-refractivity contribution in [2.24, 2.45) is 0 Å². The van der Waals surface area contributed by atoms with Crippen molar-refractivity contribution in [3.8, 4) is 0 Å². The second-order valence-corrected chi connectivity index (χ2v) is 12.3. The lowest BCUT2D eigenvalue weighted by molar-refractivity contribution is -0.132. The minimum Gasteiger partial charge on any atom is -0.478 e. The van der Waals surface area contributed by atoms with E-state index in [2.05, 4.69) is 6.58 Å². The molecule has 19 N–H and O–H groups in total. The molecule has 0 aliphatic carbocycles. The number of aliphatic hydroxyl groups is 18. The number of aliphatic carboxylic acids is 1. The van der Waals surface area contributed by atoms with Crippen LogP contribution < -0.4 is 0 Å². The third kappa shape index (κ3) is 117. The van der Waals surface area contributed by atoms with Crippen molar-refractivity contribution in [1.29, 1.82) is 0 Å². The van der Waals surface area contributed by atoms with Gasteiger partial charge in [-0.25, -0.2) is 4.79 Å². The number of aliphatic hydroxyl groups excluding tert-OH is 18. The van der Waals surface area contributed by atoms with Crippen molar-refractivity contribution >= 4 is 5.97 Å². The van der Waals surface area contributed by atoms with Crippen molar-refractivity contribution in [1.82, 2.24) is 0 Å². The number of carbonyl (C=O) groups is 1. The molecule has 0 aromatic carbocycles. The molecule has 0 fully saturated rings. The topological polar surface area (TPSA) is 401 Å². The Morgan fingerprint density at radius 3 is 0.383 bits per heavy atom. The van der Waals surface area contributed by atoms with Crippen LogP contribution in [0, 0.1) is 0 Å². The van der Waals surface area contributed by atoms with E-state index in [0.29, 0.717) is 57.8 Å². The maximum atomic E-state index is 9.60. The number of hydrogen-bond acceptors (Lipinski definition) is 19. The van der Waals surface area contributed by atoms with Gasteiger partial charge in [-0.15, -0.1) is 0 Å². The van der Waals surface area contributed by atoms with Gasteiger partial charge in [0.1, 0.15) is 0 Å². The quantitative estimate of drug-likeness (QED) is 0.0649. The zero-order valence-corrected chi connectivity index (χ0v) is 38.5. The Balaban J connectivity index is -0.0000000579. The Bertz CT molecular complexity index is 521. The third-order valence-corrected chi connectivity index (χ3v) is 6.50. The molecule has 0 heterocycles. The molecule has 0 aromatic heterocycles. The van der Waals surface area contributed by atoms with Crippen molar-refractivity contribution in [2.75, 3.05) is 59.5 Å². The summed E-state index contributed by atoms with van der Waals surface area (Å²) in [4.78, 5) is 9.60. The summed E-state index contributed by atoms with van der Waals surface area (Å²) in [7, 11) is 0. The van der Waals surface area contributed by atoms with Crippen LogP contribution in [-0.4, -0.2) is 217 Å². The first kappa shape index (κ1) is 82.2. The van der Waals surface area contributed by atoms with E-state index in [1.54, 1.807) is 0 Å². The minimum absolute atomic E-state index is 0.115. The SMILES string of the molecule is C=C(C)C(=O)O.CCC(O)CO.CCC(O)CO.CCC(O)CO.CCC(O)CO.CCC(O)CO.CCC(O)CO.CCC(O)CO.CCC(O)CO.CCC(O)CO. The van der Waals surface area contributed by atoms with Gasteiger partial charge in [-0.1, -0.05) is 68.9 Å². The van der Waals surface area contributed by atoms with Gasteiger partial charge >= 0.3 is 5.97 Å². The van der Waals surface area contributed by atoms with Gasteiger partial charge in [0.05, 0.1) is 114 Å². The Labute approximate surface area is 361 Å². The van der Waals surface area contributed by atoms with Crippen LogP contribution in [0.1, 0.15) is 127 Å². The standard InChI is InChI=1S/C4H6O2.9C4H10O2/c1-3(2)4(5)6;9*1-2-4(6)3-5/h1H2,2H3,(H,5,6);9*4-6H,2-3H2,1H3. The van der Waals surface area contributed by atoms with E-state index in [9.17, 15) is 4.79 Å². The number of rotatable bonds is 19. The van der Waals surface area contributed by atoms with Crippen molar-refractivity contribution in [3.05, 3.63) is 12.2 Å². The molecule has 0 bridgehead atoms. The highest BCUT2D eigenvalue weighted by Gasteiger charge is 1.96. The molecular weight excluding hydrogens is 800 g/mol. The molecule has 0 amide bonds. The molecular formula is C40H96O20. The van der Waals surface area contributed by atoms with Crippen LogP contribution in [0.3, 0.4) is 0 Å². The van der Waals surface area contributed by atoms with E-state index in [1.165, 1.54) is 6.92 Å². The Morgan fingerprint density at radius 2 is 0.383 bits per heavy atom. The largest absolute Gasteiger partial charge is 0.478 e. The molecule has 0 spiro atoms. The molecule has 20 heteroatoms. The van der Waals surface area contributed by atoms with Gasteiger partial charge in [0, 0.05) is 5.57 Å².